The van der Waals surface area contributed by atoms with Crippen molar-refractivity contribution in [3.63, 3.8) is 0 Å². The van der Waals surface area contributed by atoms with Crippen LogP contribution in [0.1, 0.15) is 29.9 Å². The third-order valence-corrected chi connectivity index (χ3v) is 13.4. The second kappa shape index (κ2) is 14.4. The van der Waals surface area contributed by atoms with E-state index in [0.717, 1.165) is 29.4 Å². The van der Waals surface area contributed by atoms with Gasteiger partial charge in [0.25, 0.3) is 11.8 Å². The fourth-order valence-corrected chi connectivity index (χ4v) is 10.6. The molecule has 14 heteroatoms. The molecule has 0 unspecified atom stereocenters. The highest BCUT2D eigenvalue weighted by Gasteiger charge is 2.70. The summed E-state index contributed by atoms with van der Waals surface area (Å²) in [6.07, 6.45) is 2.31. The molecule has 292 valence electrons. The molecule has 0 aromatic heterocycles. The van der Waals surface area contributed by atoms with E-state index in [1.165, 1.54) is 36.3 Å². The second-order valence-electron chi connectivity index (χ2n) is 15.1. The van der Waals surface area contributed by atoms with Crippen LogP contribution in [0.5, 0.6) is 11.5 Å². The zero-order valence-corrected chi connectivity index (χ0v) is 33.6. The number of carbonyl (C=O) groups excluding carboxylic acids is 4. The number of hydrogen-bond donors (Lipinski definition) is 2. The number of hydrazine groups is 1. The lowest BCUT2D eigenvalue weighted by Crippen LogP contribution is -2.53. The van der Waals surface area contributed by atoms with Crippen molar-refractivity contribution in [1.82, 2.24) is 5.01 Å². The van der Waals surface area contributed by atoms with Gasteiger partial charge in [0.15, 0.2) is 11.5 Å². The molecule has 2 aliphatic carbocycles. The molecule has 0 radical (unpaired) electrons. The Morgan fingerprint density at radius 2 is 1.58 bits per heavy atom. The van der Waals surface area contributed by atoms with Gasteiger partial charge in [0.2, 0.25) is 11.8 Å². The summed E-state index contributed by atoms with van der Waals surface area (Å²) in [5.41, 5.74) is 5.02. The number of morpholine rings is 1. The first kappa shape index (κ1) is 37.6. The lowest BCUT2D eigenvalue weighted by molar-refractivity contribution is -0.138. The monoisotopic (exact) mass is 902 g/mol. The summed E-state index contributed by atoms with van der Waals surface area (Å²) in [6.45, 7) is 2.73. The Labute approximate surface area is 346 Å². The average Bonchev–Trinajstić information content (AvgIpc) is 3.60. The molecule has 11 nitrogen and oxygen atoms in total. The summed E-state index contributed by atoms with van der Waals surface area (Å²) < 4.78 is 25.5. The minimum absolute atomic E-state index is 0.0794. The van der Waals surface area contributed by atoms with Gasteiger partial charge in [0.1, 0.15) is 5.82 Å². The Morgan fingerprint density at radius 3 is 2.26 bits per heavy atom. The SMILES string of the molecule is COc1cc([C@H]2C3=CC[C@@H]4C(=O)N(c5ccc(N6CCOCC6)cc5)C(=O)[C@@H]4[C@@H]3C[C@H]3C(=O)N(Nc4ccc(F)cc4)C(=O)[C@@]23c2ccc(Cl)cc2)cc(I)c1O. The molecule has 3 aliphatic heterocycles. The maximum atomic E-state index is 15.4. The minimum atomic E-state index is -1.57. The molecule has 3 saturated heterocycles. The molecule has 2 N–H and O–H groups in total. The van der Waals surface area contributed by atoms with Gasteiger partial charge in [-0.2, -0.15) is 5.01 Å². The van der Waals surface area contributed by atoms with E-state index in [2.05, 4.69) is 10.3 Å². The summed E-state index contributed by atoms with van der Waals surface area (Å²) in [4.78, 5) is 62.9. The van der Waals surface area contributed by atoms with Crippen LogP contribution in [0.2, 0.25) is 5.02 Å². The number of phenols is 1. The van der Waals surface area contributed by atoms with Gasteiger partial charge >= 0.3 is 0 Å². The summed E-state index contributed by atoms with van der Waals surface area (Å²) in [7, 11) is 1.43. The second-order valence-corrected chi connectivity index (χ2v) is 16.7. The van der Waals surface area contributed by atoms with E-state index in [9.17, 15) is 23.9 Å². The number of hydrogen-bond acceptors (Lipinski definition) is 9. The van der Waals surface area contributed by atoms with E-state index in [1.54, 1.807) is 48.5 Å². The summed E-state index contributed by atoms with van der Waals surface area (Å²) >= 11 is 8.41. The van der Waals surface area contributed by atoms with Crippen LogP contribution in [-0.2, 0) is 29.3 Å². The van der Waals surface area contributed by atoms with E-state index in [-0.39, 0.29) is 36.2 Å². The molecular formula is C43H37ClFIN4O7. The van der Waals surface area contributed by atoms with Gasteiger partial charge < -0.3 is 19.5 Å². The number of nitrogens with zero attached hydrogens (tertiary/aromatic N) is 3. The number of anilines is 3. The number of benzene rings is 4. The number of nitrogens with one attached hydrogen (secondary N) is 1. The van der Waals surface area contributed by atoms with E-state index in [0.29, 0.717) is 44.3 Å². The number of rotatable bonds is 7. The van der Waals surface area contributed by atoms with Gasteiger partial charge in [-0.1, -0.05) is 35.4 Å². The minimum Gasteiger partial charge on any atom is -0.504 e. The smallest absolute Gasteiger partial charge is 0.260 e. The van der Waals surface area contributed by atoms with Crippen molar-refractivity contribution < 1.29 is 38.1 Å². The maximum absolute atomic E-state index is 15.4. The van der Waals surface area contributed by atoms with Crippen molar-refractivity contribution in [2.45, 2.75) is 24.2 Å². The number of phenolic OH excluding ortho intramolecular Hbond substituents is 1. The average molecular weight is 903 g/mol. The third-order valence-electron chi connectivity index (χ3n) is 12.3. The number of amides is 4. The van der Waals surface area contributed by atoms with Gasteiger partial charge in [0, 0.05) is 29.7 Å². The zero-order chi connectivity index (χ0) is 39.7. The Balaban J connectivity index is 1.18. The highest BCUT2D eigenvalue weighted by atomic mass is 127. The molecular weight excluding hydrogens is 866 g/mol. The fraction of sp³-hybridized carbons (Fsp3) is 0.302. The normalized spacial score (nSPS) is 26.9. The first-order valence-corrected chi connectivity index (χ1v) is 20.2. The fourth-order valence-electron chi connectivity index (χ4n) is 9.83. The third kappa shape index (κ3) is 5.91. The van der Waals surface area contributed by atoms with Gasteiger partial charge in [-0.15, -0.1) is 0 Å². The van der Waals surface area contributed by atoms with Crippen LogP contribution in [0.4, 0.5) is 21.5 Å². The number of ether oxygens (including phenoxy) is 2. The first-order chi connectivity index (χ1) is 27.5. The van der Waals surface area contributed by atoms with Gasteiger partial charge in [0.05, 0.1) is 58.4 Å². The number of halogens is 3. The van der Waals surface area contributed by atoms with Crippen LogP contribution in [0.15, 0.2) is 96.6 Å². The molecule has 4 fully saturated rings. The molecule has 9 rings (SSSR count). The summed E-state index contributed by atoms with van der Waals surface area (Å²) in [5.74, 6) is -6.08. The maximum Gasteiger partial charge on any atom is 0.260 e. The zero-order valence-electron chi connectivity index (χ0n) is 30.7. The van der Waals surface area contributed by atoms with Crippen LogP contribution in [0, 0.1) is 33.1 Å². The van der Waals surface area contributed by atoms with Crippen molar-refractivity contribution >= 4 is 74.9 Å². The number of fused-ring (bicyclic) bond motifs is 4. The van der Waals surface area contributed by atoms with Crippen LogP contribution in [0.3, 0.4) is 0 Å². The van der Waals surface area contributed by atoms with Crippen LogP contribution in [0.25, 0.3) is 0 Å². The summed E-state index contributed by atoms with van der Waals surface area (Å²) in [5, 5.41) is 12.4. The topological polar surface area (TPSA) is 129 Å². The van der Waals surface area contributed by atoms with E-state index in [4.69, 9.17) is 21.1 Å². The van der Waals surface area contributed by atoms with Gasteiger partial charge in [-0.05, 0) is 125 Å². The molecule has 5 aliphatic rings. The summed E-state index contributed by atoms with van der Waals surface area (Å²) in [6, 6.07) is 23.0. The van der Waals surface area contributed by atoms with Crippen LogP contribution in [-0.4, -0.2) is 67.2 Å². The Bertz CT molecular complexity index is 2340. The standard InChI is InChI=1S/C43H37ClFIN4O7/c1-56-35-21-23(20-34(46)38(35)51)37-30-14-15-31-36(41(54)49(39(31)52)29-12-10-28(11-13-29)48-16-18-57-19-17-48)32(30)22-33-40(53)50(47-27-8-6-26(45)7-9-27)42(55)43(33,37)24-2-4-25(44)5-3-24/h2-14,20-21,31-33,36-37,47,51H,15-19,22H2,1H3/t31-,32+,33-,36-,37-,43+/m0/s1. The largest absolute Gasteiger partial charge is 0.504 e. The Hall–Kier alpha value is -4.99. The van der Waals surface area contributed by atoms with Crippen molar-refractivity contribution in [2.75, 3.05) is 48.6 Å². The predicted octanol–water partition coefficient (Wildman–Crippen LogP) is 6.82. The van der Waals surface area contributed by atoms with Crippen molar-refractivity contribution in [1.29, 1.82) is 0 Å². The molecule has 0 bridgehead atoms. The van der Waals surface area contributed by atoms with Crippen LogP contribution < -0.4 is 20.0 Å². The molecule has 57 heavy (non-hydrogen) atoms. The lowest BCUT2D eigenvalue weighted by atomic mass is 9.49. The number of aromatic hydroxyl groups is 1. The molecule has 1 saturated carbocycles. The lowest BCUT2D eigenvalue weighted by Gasteiger charge is -2.50. The van der Waals surface area contributed by atoms with E-state index >= 15 is 4.79 Å². The highest BCUT2D eigenvalue weighted by Crippen LogP contribution is 2.64. The van der Waals surface area contributed by atoms with Gasteiger partial charge in [-0.3, -0.25) is 29.5 Å². The van der Waals surface area contributed by atoms with E-state index in [1.807, 2.05) is 40.8 Å². The van der Waals surface area contributed by atoms with E-state index < -0.39 is 52.6 Å². The highest BCUT2D eigenvalue weighted by molar-refractivity contribution is 14.1. The molecule has 4 amide bonds. The van der Waals surface area contributed by atoms with Crippen molar-refractivity contribution in [3.05, 3.63) is 122 Å². The molecule has 6 atom stereocenters. The molecule has 0 spiro atoms. The first-order valence-electron chi connectivity index (χ1n) is 18.8. The quantitative estimate of drug-likeness (QED) is 0.117. The number of carbonyl (C=O) groups is 4. The Kier molecular flexibility index (Phi) is 9.52. The van der Waals surface area contributed by atoms with Crippen molar-refractivity contribution in [3.8, 4) is 11.5 Å². The Morgan fingerprint density at radius 1 is 0.895 bits per heavy atom. The van der Waals surface area contributed by atoms with Crippen LogP contribution >= 0.6 is 34.2 Å². The molecule has 3 heterocycles. The number of allylic oxidation sites excluding steroid dienone is 2. The predicted molar refractivity (Wildman–Crippen MR) is 218 cm³/mol. The molecule has 4 aromatic rings. The molecule has 4 aromatic carbocycles. The van der Waals surface area contributed by atoms with Gasteiger partial charge in [-0.25, -0.2) is 4.39 Å². The number of methoxy groups -OCH3 is 1. The number of imide groups is 2. The van der Waals surface area contributed by atoms with Crippen molar-refractivity contribution in [2.24, 2.45) is 23.7 Å².